The van der Waals surface area contributed by atoms with Crippen molar-refractivity contribution >= 4 is 24.0 Å². The minimum Gasteiger partial charge on any atom is -1.00 e. The first kappa shape index (κ1) is 26.2. The molecule has 0 aromatic rings. The van der Waals surface area contributed by atoms with Gasteiger partial charge in [-0.2, -0.15) is 0 Å². The Hall–Kier alpha value is -0.0800. The number of hydrogen-bond acceptors (Lipinski definition) is 5. The van der Waals surface area contributed by atoms with Crippen LogP contribution in [0.1, 0.15) is 47.9 Å². The third kappa shape index (κ3) is 2.87. The van der Waals surface area contributed by atoms with Crippen LogP contribution in [0.4, 0.5) is 4.39 Å². The number of halogens is 2. The smallest absolute Gasteiger partial charge is 1.00 e. The van der Waals surface area contributed by atoms with Gasteiger partial charge in [0.2, 0.25) is 0 Å². The van der Waals surface area contributed by atoms with Gasteiger partial charge in [0.1, 0.15) is 12.2 Å². The van der Waals surface area contributed by atoms with Gasteiger partial charge in [0, 0.05) is 16.7 Å². The van der Waals surface area contributed by atoms with E-state index in [-0.39, 0.29) is 61.5 Å². The van der Waals surface area contributed by atoms with E-state index in [9.17, 15) is 24.9 Å². The number of ketones is 2. The molecule has 30 heavy (non-hydrogen) atoms. The standard InChI is InChI=1S/C22H29FO5.ClH.Na.H/c1-12-8-16-15-5-4-13-9-14(25)6-7-19(13,2)21(15,23)17(26)10-20(16,3)22(12,28)18(27)11-24;;;/h6-7,9,12,15-17,24,26,28H,4-5,8,10-11H2,1-3H3;1H;;/q;;+1;-1/t12-,15+,16+,17+,19+,20+,21+,22+;;;/m1.../s1. The second-order valence-corrected chi connectivity index (χ2v) is 9.75. The quantitative estimate of drug-likeness (QED) is 0.488. The normalized spacial score (nSPS) is 49.0. The summed E-state index contributed by atoms with van der Waals surface area (Å²) in [7, 11) is 0. The third-order valence-electron chi connectivity index (χ3n) is 8.79. The zero-order valence-electron chi connectivity index (χ0n) is 19.0. The molecule has 4 aliphatic carbocycles. The Balaban J connectivity index is 0.00000160. The Labute approximate surface area is 206 Å². The van der Waals surface area contributed by atoms with Crippen LogP contribution in [0.2, 0.25) is 0 Å². The van der Waals surface area contributed by atoms with E-state index >= 15 is 4.39 Å². The molecule has 8 heteroatoms. The van der Waals surface area contributed by atoms with Crippen molar-refractivity contribution in [3.63, 3.8) is 0 Å². The van der Waals surface area contributed by atoms with Gasteiger partial charge >= 0.3 is 29.6 Å². The number of rotatable bonds is 2. The maximum atomic E-state index is 16.9. The van der Waals surface area contributed by atoms with Crippen molar-refractivity contribution in [1.82, 2.24) is 0 Å². The molecular formula is C22H31ClFNaO5. The molecule has 0 saturated heterocycles. The zero-order valence-corrected chi connectivity index (χ0v) is 20.8. The van der Waals surface area contributed by atoms with Crippen LogP contribution in [0.25, 0.3) is 0 Å². The number of carbonyl (C=O) groups excluding carboxylic acids is 2. The predicted octanol–water partition coefficient (Wildman–Crippen LogP) is -0.566. The molecule has 4 aliphatic rings. The van der Waals surface area contributed by atoms with Gasteiger partial charge in [0.05, 0.1) is 6.10 Å². The van der Waals surface area contributed by atoms with E-state index in [1.54, 1.807) is 26.8 Å². The van der Waals surface area contributed by atoms with Gasteiger partial charge in [0.25, 0.3) is 0 Å². The first-order valence-electron chi connectivity index (χ1n) is 10.1. The number of aliphatic hydroxyl groups excluding tert-OH is 2. The summed E-state index contributed by atoms with van der Waals surface area (Å²) >= 11 is 0. The minimum atomic E-state index is -1.98. The molecule has 0 aromatic heterocycles. The van der Waals surface area contributed by atoms with Gasteiger partial charge in [0.15, 0.2) is 17.2 Å². The van der Waals surface area contributed by atoms with Crippen molar-refractivity contribution in [1.29, 1.82) is 0 Å². The zero-order chi connectivity index (χ0) is 20.7. The van der Waals surface area contributed by atoms with E-state index < -0.39 is 52.4 Å². The number of hydrogen-bond donors (Lipinski definition) is 3. The number of alkyl halides is 1. The van der Waals surface area contributed by atoms with Crippen LogP contribution in [-0.2, 0) is 9.59 Å². The molecule has 0 spiro atoms. The topological polar surface area (TPSA) is 94.8 Å². The van der Waals surface area contributed by atoms with Crippen LogP contribution in [-0.4, -0.2) is 50.9 Å². The van der Waals surface area contributed by atoms with Gasteiger partial charge in [-0.3, -0.25) is 9.59 Å². The fraction of sp³-hybridized carbons (Fsp3) is 0.727. The molecule has 3 fully saturated rings. The summed E-state index contributed by atoms with van der Waals surface area (Å²) in [4.78, 5) is 24.4. The molecule has 3 saturated carbocycles. The van der Waals surface area contributed by atoms with E-state index in [0.29, 0.717) is 24.8 Å². The number of allylic oxidation sites excluding steroid dienone is 4. The summed E-state index contributed by atoms with van der Waals surface area (Å²) in [6.45, 7) is 4.48. The predicted molar refractivity (Wildman–Crippen MR) is 108 cm³/mol. The van der Waals surface area contributed by atoms with Crippen molar-refractivity contribution in [3.8, 4) is 0 Å². The van der Waals surface area contributed by atoms with E-state index in [1.165, 1.54) is 12.2 Å². The molecule has 5 nitrogen and oxygen atoms in total. The van der Waals surface area contributed by atoms with Gasteiger partial charge in [-0.05, 0) is 56.6 Å². The summed E-state index contributed by atoms with van der Waals surface area (Å²) in [5.41, 5.74) is -5.17. The molecule has 164 valence electrons. The summed E-state index contributed by atoms with van der Waals surface area (Å²) < 4.78 is 16.9. The molecule has 4 rings (SSSR count). The Morgan fingerprint density at radius 2 is 1.97 bits per heavy atom. The monoisotopic (exact) mass is 452 g/mol. The Kier molecular flexibility index (Phi) is 7.02. The number of carbonyl (C=O) groups is 2. The van der Waals surface area contributed by atoms with E-state index in [4.69, 9.17) is 0 Å². The van der Waals surface area contributed by atoms with Gasteiger partial charge < -0.3 is 16.7 Å². The number of Topliss-reactive ketones (excluding diaryl/α,β-unsaturated/α-hetero) is 1. The second-order valence-electron chi connectivity index (χ2n) is 9.75. The molecule has 0 unspecified atom stereocenters. The van der Waals surface area contributed by atoms with Crippen molar-refractivity contribution in [2.45, 2.75) is 63.8 Å². The van der Waals surface area contributed by atoms with Gasteiger partial charge in [-0.25, -0.2) is 4.39 Å². The van der Waals surface area contributed by atoms with Crippen LogP contribution >= 0.6 is 12.4 Å². The molecule has 0 bridgehead atoms. The number of fused-ring (bicyclic) bond motifs is 5. The first-order valence-corrected chi connectivity index (χ1v) is 10.1. The van der Waals surface area contributed by atoms with E-state index in [1.807, 2.05) is 0 Å². The van der Waals surface area contributed by atoms with Crippen LogP contribution in [0, 0.1) is 28.6 Å². The summed E-state index contributed by atoms with van der Waals surface area (Å²) in [6, 6.07) is 0. The molecule has 3 N–H and O–H groups in total. The Morgan fingerprint density at radius 3 is 2.57 bits per heavy atom. The van der Waals surface area contributed by atoms with Crippen molar-refractivity contribution in [2.24, 2.45) is 28.6 Å². The average Bonchev–Trinajstić information content (AvgIpc) is 2.84. The largest absolute Gasteiger partial charge is 1.00 e. The van der Waals surface area contributed by atoms with Crippen molar-refractivity contribution in [2.75, 3.05) is 6.61 Å². The van der Waals surface area contributed by atoms with Gasteiger partial charge in [-0.15, -0.1) is 12.4 Å². The Bertz CT molecular complexity index is 824. The second kappa shape index (κ2) is 8.05. The molecule has 8 atom stereocenters. The van der Waals surface area contributed by atoms with Crippen LogP contribution < -0.4 is 29.6 Å². The Morgan fingerprint density at radius 1 is 1.33 bits per heavy atom. The van der Waals surface area contributed by atoms with Crippen LogP contribution in [0.3, 0.4) is 0 Å². The molecule has 0 aliphatic heterocycles. The minimum absolute atomic E-state index is 0. The fourth-order valence-corrected chi connectivity index (χ4v) is 7.26. The fourth-order valence-electron chi connectivity index (χ4n) is 7.26. The van der Waals surface area contributed by atoms with E-state index in [0.717, 1.165) is 0 Å². The maximum absolute atomic E-state index is 16.9. The van der Waals surface area contributed by atoms with Crippen molar-refractivity contribution in [3.05, 3.63) is 23.8 Å². The van der Waals surface area contributed by atoms with Crippen LogP contribution in [0.5, 0.6) is 0 Å². The van der Waals surface area contributed by atoms with E-state index in [2.05, 4.69) is 0 Å². The molecular weight excluding hydrogens is 422 g/mol. The first-order chi connectivity index (χ1) is 13.0. The summed E-state index contributed by atoms with van der Waals surface area (Å²) in [5.74, 6) is -2.12. The molecule has 0 radical (unpaired) electrons. The molecule has 0 heterocycles. The third-order valence-corrected chi connectivity index (χ3v) is 8.79. The van der Waals surface area contributed by atoms with Crippen molar-refractivity contribution < 1.29 is 60.3 Å². The molecule has 0 aromatic carbocycles. The average molecular weight is 453 g/mol. The molecule has 0 amide bonds. The van der Waals surface area contributed by atoms with Crippen LogP contribution in [0.15, 0.2) is 23.8 Å². The van der Waals surface area contributed by atoms with Gasteiger partial charge in [-0.1, -0.05) is 25.5 Å². The summed E-state index contributed by atoms with van der Waals surface area (Å²) in [5, 5.41) is 32.0. The SMILES string of the molecule is C[C@@H]1C[C@H]2[C@@H]3CCC4=CC(=O)C=C[C@]4(C)[C@@]3(F)[C@@H](O)C[C@]2(C)[C@@]1(O)C(=O)CO.Cl.[H-].[Na+]. The maximum Gasteiger partial charge on any atom is 1.00 e. The number of aliphatic hydroxyl groups is 3. The summed E-state index contributed by atoms with van der Waals surface area (Å²) in [6.07, 6.45) is 4.44.